The Morgan fingerprint density at radius 1 is 1.21 bits per heavy atom. The Hall–Kier alpha value is -3.06. The van der Waals surface area contributed by atoms with Gasteiger partial charge in [-0.2, -0.15) is 0 Å². The molecule has 1 heterocycles. The number of aromatic nitrogens is 2. The number of anilines is 1. The summed E-state index contributed by atoms with van der Waals surface area (Å²) in [6, 6.07) is 10.7. The lowest BCUT2D eigenvalue weighted by atomic mass is 10.1. The first-order valence-electron chi connectivity index (χ1n) is 9.41. The molecule has 1 aromatic heterocycles. The largest absolute Gasteiger partial charge is 0.336 e. The molecule has 152 valence electrons. The van der Waals surface area contributed by atoms with Gasteiger partial charge in [-0.25, -0.2) is 9.78 Å². The highest BCUT2D eigenvalue weighted by molar-refractivity contribution is 6.31. The molecule has 8 heteroatoms. The summed E-state index contributed by atoms with van der Waals surface area (Å²) < 4.78 is 1.94. The van der Waals surface area contributed by atoms with E-state index in [-0.39, 0.29) is 18.0 Å². The number of fused-ring (bicyclic) bond motifs is 1. The Bertz CT molecular complexity index is 1040. The average Bonchev–Trinajstić information content (AvgIpc) is 3.07. The monoisotopic (exact) mass is 413 g/mol. The molecule has 0 aliphatic carbocycles. The van der Waals surface area contributed by atoms with Crippen molar-refractivity contribution < 1.29 is 9.59 Å². The van der Waals surface area contributed by atoms with Crippen molar-refractivity contribution in [2.24, 2.45) is 0 Å². The molecule has 0 saturated heterocycles. The first-order valence-corrected chi connectivity index (χ1v) is 9.78. The second-order valence-electron chi connectivity index (χ2n) is 7.06. The van der Waals surface area contributed by atoms with Crippen molar-refractivity contribution in [2.75, 3.05) is 11.9 Å². The van der Waals surface area contributed by atoms with Gasteiger partial charge in [-0.15, -0.1) is 0 Å². The van der Waals surface area contributed by atoms with Crippen molar-refractivity contribution in [1.29, 1.82) is 0 Å². The van der Waals surface area contributed by atoms with Crippen LogP contribution < -0.4 is 16.0 Å². The summed E-state index contributed by atoms with van der Waals surface area (Å²) in [5.74, 6) is -0.223. The topological polar surface area (TPSA) is 88.1 Å². The Morgan fingerprint density at radius 2 is 2.00 bits per heavy atom. The lowest BCUT2D eigenvalue weighted by Crippen LogP contribution is -2.40. The van der Waals surface area contributed by atoms with Crippen LogP contribution in [0.4, 0.5) is 10.5 Å². The summed E-state index contributed by atoms with van der Waals surface area (Å²) >= 11 is 6.12. The van der Waals surface area contributed by atoms with E-state index in [4.69, 9.17) is 11.6 Å². The fraction of sp³-hybridized carbons (Fsp3) is 0.286. The lowest BCUT2D eigenvalue weighted by molar-refractivity contribution is 0.102. The number of nitrogens with zero attached hydrogens (tertiary/aromatic N) is 2. The smallest absolute Gasteiger partial charge is 0.315 e. The average molecular weight is 414 g/mol. The van der Waals surface area contributed by atoms with Crippen LogP contribution in [0, 0.1) is 6.92 Å². The molecular weight excluding hydrogens is 390 g/mol. The second-order valence-corrected chi connectivity index (χ2v) is 7.47. The minimum atomic E-state index is -0.223. The number of nitrogens with one attached hydrogen (secondary N) is 3. The number of urea groups is 1. The van der Waals surface area contributed by atoms with Crippen molar-refractivity contribution in [3.63, 3.8) is 0 Å². The van der Waals surface area contributed by atoms with Gasteiger partial charge in [-0.3, -0.25) is 4.79 Å². The van der Waals surface area contributed by atoms with Crippen LogP contribution in [0.2, 0.25) is 5.02 Å². The maximum absolute atomic E-state index is 12.6. The van der Waals surface area contributed by atoms with E-state index in [1.807, 2.05) is 37.5 Å². The molecule has 29 heavy (non-hydrogen) atoms. The zero-order chi connectivity index (χ0) is 21.0. The van der Waals surface area contributed by atoms with Gasteiger partial charge >= 0.3 is 6.03 Å². The molecule has 7 nitrogen and oxygen atoms in total. The molecule has 0 saturated carbocycles. The third kappa shape index (κ3) is 5.06. The summed E-state index contributed by atoms with van der Waals surface area (Å²) in [5.41, 5.74) is 3.62. The van der Waals surface area contributed by atoms with Crippen LogP contribution in [0.5, 0.6) is 0 Å². The molecule has 3 amide bonds. The van der Waals surface area contributed by atoms with Gasteiger partial charge in [-0.1, -0.05) is 17.7 Å². The quantitative estimate of drug-likeness (QED) is 0.571. The number of carbonyl (C=O) groups excluding carboxylic acids is 2. The third-order valence-corrected chi connectivity index (χ3v) is 4.87. The highest BCUT2D eigenvalue weighted by Gasteiger charge is 2.12. The Balaban J connectivity index is 1.67. The van der Waals surface area contributed by atoms with Crippen LogP contribution in [0.25, 0.3) is 11.0 Å². The fourth-order valence-electron chi connectivity index (χ4n) is 2.92. The number of amides is 3. The van der Waals surface area contributed by atoms with Crippen LogP contribution in [0.3, 0.4) is 0 Å². The molecule has 0 fully saturated rings. The number of hydrogen-bond donors (Lipinski definition) is 3. The molecule has 3 aromatic rings. The van der Waals surface area contributed by atoms with Gasteiger partial charge in [0.2, 0.25) is 0 Å². The number of carbonyl (C=O) groups is 2. The molecule has 2 aromatic carbocycles. The predicted molar refractivity (Wildman–Crippen MR) is 116 cm³/mol. The van der Waals surface area contributed by atoms with Crippen molar-refractivity contribution >= 4 is 40.3 Å². The zero-order valence-corrected chi connectivity index (χ0v) is 17.4. The van der Waals surface area contributed by atoms with Crippen LogP contribution in [0.1, 0.15) is 29.8 Å². The molecule has 0 aliphatic rings. The molecule has 0 unspecified atom stereocenters. The first-order chi connectivity index (χ1) is 13.8. The van der Waals surface area contributed by atoms with E-state index in [9.17, 15) is 9.59 Å². The van der Waals surface area contributed by atoms with E-state index in [2.05, 4.69) is 20.9 Å². The van der Waals surface area contributed by atoms with Gasteiger partial charge in [0.15, 0.2) is 0 Å². The Labute approximate surface area is 174 Å². The SMILES string of the molecule is Cc1c(Cl)cccc1NC(=O)c1ccc2c(c1)ncn2CCNC(=O)NC(C)C. The molecular formula is C21H24ClN5O2. The van der Waals surface area contributed by atoms with Gasteiger partial charge in [0.25, 0.3) is 5.91 Å². The zero-order valence-electron chi connectivity index (χ0n) is 16.6. The number of rotatable bonds is 6. The summed E-state index contributed by atoms with van der Waals surface area (Å²) in [6.45, 7) is 6.72. The van der Waals surface area contributed by atoms with Gasteiger partial charge in [0, 0.05) is 35.4 Å². The Morgan fingerprint density at radius 3 is 2.76 bits per heavy atom. The van der Waals surface area contributed by atoms with Crippen molar-refractivity contribution in [3.8, 4) is 0 Å². The summed E-state index contributed by atoms with van der Waals surface area (Å²) in [5, 5.41) is 9.08. The van der Waals surface area contributed by atoms with Crippen LogP contribution in [0.15, 0.2) is 42.7 Å². The predicted octanol–water partition coefficient (Wildman–Crippen LogP) is 3.96. The standard InChI is InChI=1S/C21H24ClN5O2/c1-13(2)25-21(29)23-9-10-27-12-24-18-11-15(7-8-19(18)27)20(28)26-17-6-4-5-16(22)14(17)3/h4-8,11-13H,9-10H2,1-3H3,(H,26,28)(H2,23,25,29). The first kappa shape index (κ1) is 20.7. The summed E-state index contributed by atoms with van der Waals surface area (Å²) in [4.78, 5) is 28.7. The second kappa shape index (κ2) is 8.96. The molecule has 0 radical (unpaired) electrons. The number of halogens is 1. The van der Waals surface area contributed by atoms with Crippen LogP contribution >= 0.6 is 11.6 Å². The highest BCUT2D eigenvalue weighted by Crippen LogP contribution is 2.24. The van der Waals surface area contributed by atoms with Crippen LogP contribution in [-0.4, -0.2) is 34.1 Å². The van der Waals surface area contributed by atoms with Crippen molar-refractivity contribution in [1.82, 2.24) is 20.2 Å². The van der Waals surface area contributed by atoms with E-state index in [1.165, 1.54) is 0 Å². The van der Waals surface area contributed by atoms with Gasteiger partial charge in [0.1, 0.15) is 0 Å². The third-order valence-electron chi connectivity index (χ3n) is 4.46. The van der Waals surface area contributed by atoms with Gasteiger partial charge in [-0.05, 0) is 56.7 Å². The maximum atomic E-state index is 12.6. The molecule has 0 spiro atoms. The Kier molecular flexibility index (Phi) is 6.39. The van der Waals surface area contributed by atoms with Crippen molar-refractivity contribution in [2.45, 2.75) is 33.4 Å². The fourth-order valence-corrected chi connectivity index (χ4v) is 3.10. The molecule has 3 N–H and O–H groups in total. The maximum Gasteiger partial charge on any atom is 0.315 e. The van der Waals surface area contributed by atoms with E-state index < -0.39 is 0 Å². The summed E-state index contributed by atoms with van der Waals surface area (Å²) in [7, 11) is 0. The molecule has 0 bridgehead atoms. The van der Waals surface area contributed by atoms with Gasteiger partial charge in [0.05, 0.1) is 17.4 Å². The molecule has 3 rings (SSSR count). The van der Waals surface area contributed by atoms with E-state index in [1.54, 1.807) is 30.6 Å². The highest BCUT2D eigenvalue weighted by atomic mass is 35.5. The number of hydrogen-bond acceptors (Lipinski definition) is 3. The van der Waals surface area contributed by atoms with Gasteiger partial charge < -0.3 is 20.5 Å². The molecule has 0 aliphatic heterocycles. The van der Waals surface area contributed by atoms with E-state index in [0.717, 1.165) is 11.1 Å². The summed E-state index contributed by atoms with van der Waals surface area (Å²) in [6.07, 6.45) is 1.70. The van der Waals surface area contributed by atoms with Crippen LogP contribution in [-0.2, 0) is 6.54 Å². The minimum absolute atomic E-state index is 0.0874. The number of imidazole rings is 1. The number of benzene rings is 2. The van der Waals surface area contributed by atoms with E-state index >= 15 is 0 Å². The van der Waals surface area contributed by atoms with E-state index in [0.29, 0.717) is 34.9 Å². The lowest BCUT2D eigenvalue weighted by Gasteiger charge is -2.11. The van der Waals surface area contributed by atoms with Crippen molar-refractivity contribution in [3.05, 3.63) is 58.9 Å². The molecule has 0 atom stereocenters. The normalized spacial score (nSPS) is 10.9. The minimum Gasteiger partial charge on any atom is -0.336 e.